The summed E-state index contributed by atoms with van der Waals surface area (Å²) < 4.78 is 25.9. The second-order valence-electron chi connectivity index (χ2n) is 4.51. The quantitative estimate of drug-likeness (QED) is 0.739. The molecule has 0 bridgehead atoms. The summed E-state index contributed by atoms with van der Waals surface area (Å²) in [6, 6.07) is 3.06. The van der Waals surface area contributed by atoms with Crippen LogP contribution in [-0.2, 0) is 0 Å². The normalized spacial score (nSPS) is 14.1. The largest absolute Gasteiger partial charge is 0.323 e. The van der Waals surface area contributed by atoms with Gasteiger partial charge in [0.2, 0.25) is 0 Å². The number of benzene rings is 1. The minimum absolute atomic E-state index is 0.237. The maximum Gasteiger partial charge on any atom is 0.130 e. The van der Waals surface area contributed by atoms with Crippen molar-refractivity contribution >= 4 is 0 Å². The second-order valence-corrected chi connectivity index (χ2v) is 4.51. The molecule has 0 unspecified atom stereocenters. The zero-order valence-electron chi connectivity index (χ0n) is 8.64. The van der Waals surface area contributed by atoms with Crippen molar-refractivity contribution in [3.8, 4) is 0 Å². The molecule has 0 radical (unpaired) electrons. The molecular weight excluding hydrogens is 184 g/mol. The standard InChI is InChI=1S/C11H15F2N/c1-11(2,3)10(14)8-5-4-7(12)6-9(8)13/h4-6,10H,14H2,1-3H3/t10-/m0/s1. The van der Waals surface area contributed by atoms with Gasteiger partial charge in [0.25, 0.3) is 0 Å². The zero-order chi connectivity index (χ0) is 10.9. The Hall–Kier alpha value is -0.960. The average molecular weight is 199 g/mol. The summed E-state index contributed by atoms with van der Waals surface area (Å²) in [5.41, 5.74) is 5.98. The minimum atomic E-state index is -0.577. The monoisotopic (exact) mass is 199 g/mol. The summed E-state index contributed by atoms with van der Waals surface area (Å²) in [4.78, 5) is 0. The van der Waals surface area contributed by atoms with Gasteiger partial charge in [0, 0.05) is 17.7 Å². The minimum Gasteiger partial charge on any atom is -0.323 e. The van der Waals surface area contributed by atoms with Gasteiger partial charge >= 0.3 is 0 Å². The van der Waals surface area contributed by atoms with Crippen LogP contribution in [0.5, 0.6) is 0 Å². The van der Waals surface area contributed by atoms with Crippen LogP contribution < -0.4 is 5.73 Å². The van der Waals surface area contributed by atoms with E-state index in [0.29, 0.717) is 5.56 Å². The Morgan fingerprint density at radius 3 is 2.21 bits per heavy atom. The highest BCUT2D eigenvalue weighted by molar-refractivity contribution is 5.23. The van der Waals surface area contributed by atoms with Crippen LogP contribution in [-0.4, -0.2) is 0 Å². The van der Waals surface area contributed by atoms with E-state index in [2.05, 4.69) is 0 Å². The van der Waals surface area contributed by atoms with Crippen molar-refractivity contribution in [1.29, 1.82) is 0 Å². The summed E-state index contributed by atoms with van der Waals surface area (Å²) in [5, 5.41) is 0. The maximum atomic E-state index is 13.3. The van der Waals surface area contributed by atoms with Gasteiger partial charge in [-0.25, -0.2) is 8.78 Å². The van der Waals surface area contributed by atoms with E-state index >= 15 is 0 Å². The third-order valence-electron chi connectivity index (χ3n) is 2.23. The Morgan fingerprint density at radius 2 is 1.79 bits per heavy atom. The van der Waals surface area contributed by atoms with E-state index in [9.17, 15) is 8.78 Å². The summed E-state index contributed by atoms with van der Waals surface area (Å²) in [6.45, 7) is 5.75. The van der Waals surface area contributed by atoms with Crippen LogP contribution in [0.15, 0.2) is 18.2 Å². The van der Waals surface area contributed by atoms with Crippen molar-refractivity contribution in [1.82, 2.24) is 0 Å². The molecule has 1 aromatic rings. The third kappa shape index (κ3) is 2.29. The molecule has 0 spiro atoms. The first-order valence-corrected chi connectivity index (χ1v) is 4.53. The number of rotatable bonds is 1. The second kappa shape index (κ2) is 3.65. The highest BCUT2D eigenvalue weighted by Gasteiger charge is 2.24. The first-order chi connectivity index (χ1) is 6.32. The summed E-state index contributed by atoms with van der Waals surface area (Å²) >= 11 is 0. The highest BCUT2D eigenvalue weighted by Crippen LogP contribution is 2.31. The first-order valence-electron chi connectivity index (χ1n) is 4.53. The molecule has 0 aliphatic heterocycles. The number of hydrogen-bond donors (Lipinski definition) is 1. The van der Waals surface area contributed by atoms with Crippen molar-refractivity contribution in [2.24, 2.45) is 11.1 Å². The molecule has 14 heavy (non-hydrogen) atoms. The fourth-order valence-electron chi connectivity index (χ4n) is 1.22. The lowest BCUT2D eigenvalue weighted by Gasteiger charge is -2.27. The molecule has 1 rings (SSSR count). The van der Waals surface area contributed by atoms with Crippen LogP contribution >= 0.6 is 0 Å². The molecule has 0 heterocycles. The highest BCUT2D eigenvalue weighted by atomic mass is 19.1. The van der Waals surface area contributed by atoms with E-state index in [0.717, 1.165) is 6.07 Å². The van der Waals surface area contributed by atoms with Crippen molar-refractivity contribution < 1.29 is 8.78 Å². The lowest BCUT2D eigenvalue weighted by Crippen LogP contribution is -2.27. The first kappa shape index (κ1) is 11.1. The van der Waals surface area contributed by atoms with Gasteiger partial charge in [-0.2, -0.15) is 0 Å². The summed E-state index contributed by atoms with van der Waals surface area (Å²) in [5.74, 6) is -1.15. The molecule has 3 heteroatoms. The molecule has 0 aliphatic rings. The SMILES string of the molecule is CC(C)(C)[C@@H](N)c1ccc(F)cc1F. The molecule has 0 saturated heterocycles. The molecule has 1 atom stereocenters. The van der Waals surface area contributed by atoms with E-state index in [-0.39, 0.29) is 5.41 Å². The maximum absolute atomic E-state index is 13.3. The van der Waals surface area contributed by atoms with E-state index < -0.39 is 17.7 Å². The third-order valence-corrected chi connectivity index (χ3v) is 2.23. The van der Waals surface area contributed by atoms with E-state index in [4.69, 9.17) is 5.73 Å². The van der Waals surface area contributed by atoms with Crippen molar-refractivity contribution in [2.45, 2.75) is 26.8 Å². The van der Waals surface area contributed by atoms with Gasteiger partial charge in [0.05, 0.1) is 0 Å². The summed E-state index contributed by atoms with van der Waals surface area (Å²) in [6.07, 6.45) is 0. The van der Waals surface area contributed by atoms with Gasteiger partial charge in [-0.1, -0.05) is 26.8 Å². The predicted molar refractivity (Wildman–Crippen MR) is 52.7 cm³/mol. The molecule has 0 amide bonds. The molecule has 0 aromatic heterocycles. The van der Waals surface area contributed by atoms with Crippen LogP contribution in [0, 0.1) is 17.0 Å². The fraction of sp³-hybridized carbons (Fsp3) is 0.455. The predicted octanol–water partition coefficient (Wildman–Crippen LogP) is 3.01. The van der Waals surface area contributed by atoms with Gasteiger partial charge in [-0.3, -0.25) is 0 Å². The molecule has 0 aliphatic carbocycles. The Balaban J connectivity index is 3.08. The molecular formula is C11H15F2N. The smallest absolute Gasteiger partial charge is 0.130 e. The number of nitrogens with two attached hydrogens (primary N) is 1. The Labute approximate surface area is 82.9 Å². The lowest BCUT2D eigenvalue weighted by molar-refractivity contribution is 0.318. The average Bonchev–Trinajstić information content (AvgIpc) is 2.01. The fourth-order valence-corrected chi connectivity index (χ4v) is 1.22. The van der Waals surface area contributed by atoms with Crippen LogP contribution in [0.4, 0.5) is 8.78 Å². The van der Waals surface area contributed by atoms with Crippen molar-refractivity contribution in [2.75, 3.05) is 0 Å². The lowest BCUT2D eigenvalue weighted by atomic mass is 9.83. The molecule has 0 fully saturated rings. The Morgan fingerprint density at radius 1 is 1.21 bits per heavy atom. The topological polar surface area (TPSA) is 26.0 Å². The van der Waals surface area contributed by atoms with E-state index in [1.165, 1.54) is 12.1 Å². The van der Waals surface area contributed by atoms with E-state index in [1.807, 2.05) is 20.8 Å². The van der Waals surface area contributed by atoms with E-state index in [1.54, 1.807) is 0 Å². The van der Waals surface area contributed by atoms with Gasteiger partial charge in [-0.15, -0.1) is 0 Å². The van der Waals surface area contributed by atoms with Gasteiger partial charge < -0.3 is 5.73 Å². The molecule has 0 saturated carbocycles. The van der Waals surface area contributed by atoms with Crippen LogP contribution in [0.3, 0.4) is 0 Å². The van der Waals surface area contributed by atoms with Crippen LogP contribution in [0.2, 0.25) is 0 Å². The van der Waals surface area contributed by atoms with Crippen LogP contribution in [0.1, 0.15) is 32.4 Å². The van der Waals surface area contributed by atoms with Crippen LogP contribution in [0.25, 0.3) is 0 Å². The Bertz CT molecular complexity index is 329. The molecule has 1 aromatic carbocycles. The molecule has 2 N–H and O–H groups in total. The van der Waals surface area contributed by atoms with Crippen molar-refractivity contribution in [3.05, 3.63) is 35.4 Å². The van der Waals surface area contributed by atoms with Crippen molar-refractivity contribution in [3.63, 3.8) is 0 Å². The number of hydrogen-bond acceptors (Lipinski definition) is 1. The van der Waals surface area contributed by atoms with Gasteiger partial charge in [0.15, 0.2) is 0 Å². The summed E-state index contributed by atoms with van der Waals surface area (Å²) in [7, 11) is 0. The van der Waals surface area contributed by atoms with Gasteiger partial charge in [0.1, 0.15) is 11.6 Å². The Kier molecular flexibility index (Phi) is 2.90. The molecule has 1 nitrogen and oxygen atoms in total. The zero-order valence-corrected chi connectivity index (χ0v) is 8.64. The molecule has 78 valence electrons. The number of halogens is 2. The van der Waals surface area contributed by atoms with Gasteiger partial charge in [-0.05, 0) is 11.5 Å².